The maximum Gasteiger partial charge on any atom is 0.374 e. The Kier molecular flexibility index (Phi) is 6.05. The van der Waals surface area contributed by atoms with E-state index >= 15 is 0 Å². The normalized spacial score (nSPS) is 16.9. The third kappa shape index (κ3) is 4.33. The summed E-state index contributed by atoms with van der Waals surface area (Å²) < 4.78 is 17.0. The van der Waals surface area contributed by atoms with Gasteiger partial charge in [-0.15, -0.1) is 0 Å². The molecule has 0 fully saturated rings. The van der Waals surface area contributed by atoms with E-state index in [-0.39, 0.29) is 17.4 Å². The van der Waals surface area contributed by atoms with E-state index in [2.05, 4.69) is 45.0 Å². The van der Waals surface area contributed by atoms with E-state index in [4.69, 9.17) is 13.9 Å². The van der Waals surface area contributed by atoms with Crippen molar-refractivity contribution in [1.29, 1.82) is 0 Å². The largest absolute Gasteiger partial charge is 0.450 e. The SMILES string of the molecule is CC(=O)OC1=C[C@@H](CO[Si](c2ccccc2)(c2ccccc2)C(C)(C)C)OC1=O. The van der Waals surface area contributed by atoms with Gasteiger partial charge in [0, 0.05) is 13.0 Å². The van der Waals surface area contributed by atoms with Gasteiger partial charge in [-0.3, -0.25) is 4.79 Å². The fourth-order valence-electron chi connectivity index (χ4n) is 3.75. The predicted octanol–water partition coefficient (Wildman–Crippen LogP) is 2.94. The van der Waals surface area contributed by atoms with Crippen LogP contribution in [-0.2, 0) is 23.5 Å². The molecule has 0 unspecified atom stereocenters. The molecule has 152 valence electrons. The number of rotatable bonds is 6. The Balaban J connectivity index is 1.98. The number of carbonyl (C=O) groups excluding carboxylic acids is 2. The minimum atomic E-state index is -2.72. The zero-order chi connectivity index (χ0) is 21.1. The Hall–Kier alpha value is -2.70. The van der Waals surface area contributed by atoms with E-state index in [0.29, 0.717) is 0 Å². The first-order valence-electron chi connectivity index (χ1n) is 9.60. The topological polar surface area (TPSA) is 61.8 Å². The first-order chi connectivity index (χ1) is 13.7. The van der Waals surface area contributed by atoms with E-state index in [1.54, 1.807) is 0 Å². The zero-order valence-corrected chi connectivity index (χ0v) is 18.2. The summed E-state index contributed by atoms with van der Waals surface area (Å²) in [6, 6.07) is 20.5. The highest BCUT2D eigenvalue weighted by atomic mass is 28.4. The number of hydrogen-bond donors (Lipinski definition) is 0. The lowest BCUT2D eigenvalue weighted by Crippen LogP contribution is -2.67. The molecule has 1 aliphatic heterocycles. The second kappa shape index (κ2) is 8.35. The van der Waals surface area contributed by atoms with Crippen LogP contribution in [0.3, 0.4) is 0 Å². The Labute approximate surface area is 172 Å². The predicted molar refractivity (Wildman–Crippen MR) is 113 cm³/mol. The summed E-state index contributed by atoms with van der Waals surface area (Å²) in [7, 11) is -2.72. The van der Waals surface area contributed by atoms with Crippen molar-refractivity contribution in [3.63, 3.8) is 0 Å². The average molecular weight is 411 g/mol. The molecule has 0 spiro atoms. The van der Waals surface area contributed by atoms with E-state index in [1.807, 2.05) is 36.4 Å². The second-order valence-corrected chi connectivity index (χ2v) is 12.3. The summed E-state index contributed by atoms with van der Waals surface area (Å²) in [5, 5.41) is 2.11. The molecule has 0 saturated carbocycles. The van der Waals surface area contributed by atoms with Gasteiger partial charge in [0.25, 0.3) is 8.32 Å². The highest BCUT2D eigenvalue weighted by Crippen LogP contribution is 2.37. The number of cyclic esters (lactones) is 1. The molecule has 2 aromatic carbocycles. The average Bonchev–Trinajstić information content (AvgIpc) is 3.01. The van der Waals surface area contributed by atoms with Crippen LogP contribution in [0.1, 0.15) is 27.7 Å². The molecule has 0 radical (unpaired) electrons. The lowest BCUT2D eigenvalue weighted by Gasteiger charge is -2.43. The van der Waals surface area contributed by atoms with Crippen LogP contribution in [0.15, 0.2) is 72.5 Å². The number of benzene rings is 2. The number of carbonyl (C=O) groups is 2. The highest BCUT2D eigenvalue weighted by Gasteiger charge is 2.50. The van der Waals surface area contributed by atoms with Gasteiger partial charge in [-0.2, -0.15) is 0 Å². The van der Waals surface area contributed by atoms with Gasteiger partial charge in [0.2, 0.25) is 5.76 Å². The Morgan fingerprint density at radius 2 is 1.52 bits per heavy atom. The lowest BCUT2D eigenvalue weighted by molar-refractivity contribution is -0.149. The van der Waals surface area contributed by atoms with Gasteiger partial charge in [-0.05, 0) is 15.4 Å². The maximum atomic E-state index is 12.0. The van der Waals surface area contributed by atoms with Gasteiger partial charge < -0.3 is 13.9 Å². The van der Waals surface area contributed by atoms with Crippen molar-refractivity contribution in [2.75, 3.05) is 6.61 Å². The van der Waals surface area contributed by atoms with Gasteiger partial charge in [-0.25, -0.2) is 4.79 Å². The molecule has 0 aromatic heterocycles. The summed E-state index contributed by atoms with van der Waals surface area (Å²) in [6.45, 7) is 7.98. The van der Waals surface area contributed by atoms with Crippen molar-refractivity contribution < 1.29 is 23.5 Å². The van der Waals surface area contributed by atoms with Crippen LogP contribution >= 0.6 is 0 Å². The minimum Gasteiger partial charge on any atom is -0.450 e. The van der Waals surface area contributed by atoms with Gasteiger partial charge in [0.05, 0.1) is 6.61 Å². The van der Waals surface area contributed by atoms with E-state index in [9.17, 15) is 9.59 Å². The standard InChI is InChI=1S/C23H26O5Si/c1-17(24)27-21-15-18(28-22(21)25)16-26-29(23(2,3)4,19-11-7-5-8-12-19)20-13-9-6-10-14-20/h5-15,18H,16H2,1-4H3/t18-/m0/s1. The van der Waals surface area contributed by atoms with Crippen molar-refractivity contribution >= 4 is 30.6 Å². The van der Waals surface area contributed by atoms with Crippen LogP contribution in [0.25, 0.3) is 0 Å². The third-order valence-corrected chi connectivity index (χ3v) is 9.94. The Morgan fingerprint density at radius 3 is 1.97 bits per heavy atom. The van der Waals surface area contributed by atoms with Crippen molar-refractivity contribution in [3.8, 4) is 0 Å². The van der Waals surface area contributed by atoms with E-state index in [1.165, 1.54) is 13.0 Å². The van der Waals surface area contributed by atoms with E-state index < -0.39 is 26.4 Å². The highest BCUT2D eigenvalue weighted by molar-refractivity contribution is 6.99. The molecular formula is C23H26O5Si. The van der Waals surface area contributed by atoms with Gasteiger partial charge in [-0.1, -0.05) is 81.4 Å². The maximum absolute atomic E-state index is 12.0. The van der Waals surface area contributed by atoms with Crippen molar-refractivity contribution in [2.24, 2.45) is 0 Å². The Bertz CT molecular complexity index is 860. The van der Waals surface area contributed by atoms with Crippen LogP contribution in [0, 0.1) is 0 Å². The second-order valence-electron chi connectivity index (χ2n) is 8.04. The summed E-state index contributed by atoms with van der Waals surface area (Å²) in [5.74, 6) is -1.27. The number of ether oxygens (including phenoxy) is 2. The molecule has 0 saturated heterocycles. The van der Waals surface area contributed by atoms with Gasteiger partial charge in [0.1, 0.15) is 6.10 Å². The number of esters is 2. The van der Waals surface area contributed by atoms with Crippen molar-refractivity contribution in [3.05, 3.63) is 72.5 Å². The fraction of sp³-hybridized carbons (Fsp3) is 0.304. The van der Waals surface area contributed by atoms with Crippen LogP contribution in [0.5, 0.6) is 0 Å². The summed E-state index contributed by atoms with van der Waals surface area (Å²) >= 11 is 0. The zero-order valence-electron chi connectivity index (χ0n) is 17.2. The minimum absolute atomic E-state index is 0.0754. The molecule has 1 atom stereocenters. The first-order valence-corrected chi connectivity index (χ1v) is 11.5. The number of hydrogen-bond acceptors (Lipinski definition) is 5. The van der Waals surface area contributed by atoms with E-state index in [0.717, 1.165) is 10.4 Å². The molecular weight excluding hydrogens is 384 g/mol. The quantitative estimate of drug-likeness (QED) is 0.541. The van der Waals surface area contributed by atoms with Crippen molar-refractivity contribution in [1.82, 2.24) is 0 Å². The molecule has 0 N–H and O–H groups in total. The lowest BCUT2D eigenvalue weighted by atomic mass is 10.2. The molecule has 0 aliphatic carbocycles. The van der Waals surface area contributed by atoms with Crippen LogP contribution in [-0.4, -0.2) is 33.0 Å². The molecule has 29 heavy (non-hydrogen) atoms. The first kappa shape index (κ1) is 21.0. The summed E-state index contributed by atoms with van der Waals surface area (Å²) in [4.78, 5) is 23.1. The van der Waals surface area contributed by atoms with Gasteiger partial charge >= 0.3 is 11.9 Å². The molecule has 0 bridgehead atoms. The summed E-state index contributed by atoms with van der Waals surface area (Å²) in [6.07, 6.45) is 0.917. The van der Waals surface area contributed by atoms with Crippen LogP contribution in [0.2, 0.25) is 5.04 Å². The third-order valence-electron chi connectivity index (χ3n) is 4.93. The van der Waals surface area contributed by atoms with Gasteiger partial charge in [0.15, 0.2) is 0 Å². The fourth-order valence-corrected chi connectivity index (χ4v) is 8.32. The van der Waals surface area contributed by atoms with Crippen LogP contribution in [0.4, 0.5) is 0 Å². The molecule has 1 heterocycles. The van der Waals surface area contributed by atoms with Crippen molar-refractivity contribution in [2.45, 2.75) is 38.8 Å². The molecule has 0 amide bonds. The molecule has 3 rings (SSSR count). The molecule has 6 heteroatoms. The molecule has 5 nitrogen and oxygen atoms in total. The smallest absolute Gasteiger partial charge is 0.374 e. The molecule has 2 aromatic rings. The monoisotopic (exact) mass is 410 g/mol. The summed E-state index contributed by atoms with van der Waals surface area (Å²) in [5.41, 5.74) is 0. The van der Waals surface area contributed by atoms with Crippen LogP contribution < -0.4 is 10.4 Å². The molecule has 1 aliphatic rings. The Morgan fingerprint density at radius 1 is 1.00 bits per heavy atom.